The Balaban J connectivity index is 1.31. The Hall–Kier alpha value is -3.00. The van der Waals surface area contributed by atoms with Crippen LogP contribution in [0.2, 0.25) is 0 Å². The number of carbonyl (C=O) groups is 1. The number of hydrogen-bond donors (Lipinski definition) is 0. The standard InChI is InChI=1S/C22H24N4O4/c1-14-13-17(16-5-4-12-29-16)30-22(28)19(14)21(27)25-10-7-15(8-11-25)20-24-23-18-6-2-3-9-26(18)20/h2-3,6,9,13,15-16H,4-5,7-8,10-12H2,1H3. The van der Waals surface area contributed by atoms with Crippen molar-refractivity contribution in [1.82, 2.24) is 19.5 Å². The molecule has 0 aromatic carbocycles. The van der Waals surface area contributed by atoms with E-state index in [0.717, 1.165) is 37.2 Å². The van der Waals surface area contributed by atoms with E-state index in [0.29, 0.717) is 31.0 Å². The number of fused-ring (bicyclic) bond motifs is 1. The van der Waals surface area contributed by atoms with Crippen molar-refractivity contribution in [1.29, 1.82) is 0 Å². The lowest BCUT2D eigenvalue weighted by atomic mass is 9.95. The highest BCUT2D eigenvalue weighted by Crippen LogP contribution is 2.30. The number of hydrogen-bond acceptors (Lipinski definition) is 6. The van der Waals surface area contributed by atoms with Crippen molar-refractivity contribution in [2.75, 3.05) is 19.7 Å². The molecular formula is C22H24N4O4. The van der Waals surface area contributed by atoms with Crippen LogP contribution < -0.4 is 5.63 Å². The van der Waals surface area contributed by atoms with Gasteiger partial charge < -0.3 is 14.1 Å². The fourth-order valence-corrected chi connectivity index (χ4v) is 4.49. The summed E-state index contributed by atoms with van der Waals surface area (Å²) >= 11 is 0. The third-order valence-electron chi connectivity index (χ3n) is 6.12. The van der Waals surface area contributed by atoms with Crippen molar-refractivity contribution in [3.8, 4) is 0 Å². The second-order valence-electron chi connectivity index (χ2n) is 8.05. The van der Waals surface area contributed by atoms with Gasteiger partial charge in [0.1, 0.15) is 23.3 Å². The second-order valence-corrected chi connectivity index (χ2v) is 8.05. The summed E-state index contributed by atoms with van der Waals surface area (Å²) < 4.78 is 13.1. The summed E-state index contributed by atoms with van der Waals surface area (Å²) in [6, 6.07) is 7.60. The van der Waals surface area contributed by atoms with Crippen molar-refractivity contribution in [2.45, 2.75) is 44.6 Å². The van der Waals surface area contributed by atoms with Crippen molar-refractivity contribution in [3.63, 3.8) is 0 Å². The van der Waals surface area contributed by atoms with Gasteiger partial charge in [0.15, 0.2) is 5.65 Å². The lowest BCUT2D eigenvalue weighted by molar-refractivity contribution is 0.0697. The van der Waals surface area contributed by atoms with Gasteiger partial charge in [0.2, 0.25) is 0 Å². The molecule has 0 bridgehead atoms. The van der Waals surface area contributed by atoms with Crippen LogP contribution in [0.15, 0.2) is 39.7 Å². The van der Waals surface area contributed by atoms with E-state index >= 15 is 0 Å². The highest BCUT2D eigenvalue weighted by Gasteiger charge is 2.30. The van der Waals surface area contributed by atoms with Gasteiger partial charge in [-0.05, 0) is 56.4 Å². The quantitative estimate of drug-likeness (QED) is 0.662. The maximum Gasteiger partial charge on any atom is 0.349 e. The van der Waals surface area contributed by atoms with Gasteiger partial charge in [0.05, 0.1) is 0 Å². The van der Waals surface area contributed by atoms with E-state index in [2.05, 4.69) is 10.2 Å². The molecule has 8 nitrogen and oxygen atoms in total. The lowest BCUT2D eigenvalue weighted by Crippen LogP contribution is -2.40. The van der Waals surface area contributed by atoms with Crippen LogP contribution in [0.25, 0.3) is 5.65 Å². The number of aromatic nitrogens is 3. The van der Waals surface area contributed by atoms with E-state index in [-0.39, 0.29) is 23.5 Å². The monoisotopic (exact) mass is 408 g/mol. The topological polar surface area (TPSA) is 89.9 Å². The van der Waals surface area contributed by atoms with Crippen LogP contribution in [0, 0.1) is 6.92 Å². The van der Waals surface area contributed by atoms with E-state index in [1.54, 1.807) is 17.9 Å². The Labute approximate surface area is 173 Å². The summed E-state index contributed by atoms with van der Waals surface area (Å²) in [7, 11) is 0. The predicted octanol–water partition coefficient (Wildman–Crippen LogP) is 2.86. The molecule has 0 spiro atoms. The maximum atomic E-state index is 13.1. The zero-order chi connectivity index (χ0) is 20.7. The predicted molar refractivity (Wildman–Crippen MR) is 109 cm³/mol. The number of pyridine rings is 1. The van der Waals surface area contributed by atoms with Gasteiger partial charge in [0, 0.05) is 31.8 Å². The Morgan fingerprint density at radius 3 is 2.73 bits per heavy atom. The minimum atomic E-state index is -0.573. The van der Waals surface area contributed by atoms with Crippen molar-refractivity contribution in [3.05, 3.63) is 63.6 Å². The van der Waals surface area contributed by atoms with Crippen LogP contribution in [0.3, 0.4) is 0 Å². The van der Waals surface area contributed by atoms with Gasteiger partial charge in [-0.15, -0.1) is 10.2 Å². The van der Waals surface area contributed by atoms with Gasteiger partial charge in [-0.25, -0.2) is 4.79 Å². The Morgan fingerprint density at radius 1 is 1.17 bits per heavy atom. The van der Waals surface area contributed by atoms with Gasteiger partial charge >= 0.3 is 5.63 Å². The molecular weight excluding hydrogens is 384 g/mol. The normalized spacial score (nSPS) is 20.2. The first kappa shape index (κ1) is 19.0. The Morgan fingerprint density at radius 2 is 2.00 bits per heavy atom. The van der Waals surface area contributed by atoms with Crippen molar-refractivity contribution < 1.29 is 13.9 Å². The Kier molecular flexibility index (Phi) is 4.86. The van der Waals surface area contributed by atoms with Gasteiger partial charge in [-0.3, -0.25) is 9.20 Å². The fraction of sp³-hybridized carbons (Fsp3) is 0.455. The second kappa shape index (κ2) is 7.68. The minimum Gasteiger partial charge on any atom is -0.424 e. The molecule has 0 saturated carbocycles. The van der Waals surface area contributed by atoms with Crippen molar-refractivity contribution in [2.24, 2.45) is 0 Å². The molecule has 3 aromatic rings. The number of amides is 1. The summed E-state index contributed by atoms with van der Waals surface area (Å²) in [5, 5.41) is 8.58. The average molecular weight is 408 g/mol. The maximum absolute atomic E-state index is 13.1. The van der Waals surface area contributed by atoms with E-state index in [9.17, 15) is 9.59 Å². The number of likely N-dealkylation sites (tertiary alicyclic amines) is 1. The van der Waals surface area contributed by atoms with E-state index in [1.165, 1.54) is 0 Å². The van der Waals surface area contributed by atoms with Crippen LogP contribution in [-0.2, 0) is 4.74 Å². The van der Waals surface area contributed by atoms with E-state index in [4.69, 9.17) is 9.15 Å². The molecule has 2 aliphatic heterocycles. The molecule has 2 fully saturated rings. The summed E-state index contributed by atoms with van der Waals surface area (Å²) in [6.07, 6.45) is 5.12. The molecule has 1 amide bonds. The number of aryl methyl sites for hydroxylation is 1. The largest absolute Gasteiger partial charge is 0.424 e. The molecule has 0 N–H and O–H groups in total. The summed E-state index contributed by atoms with van der Waals surface area (Å²) in [6.45, 7) is 3.59. The third kappa shape index (κ3) is 3.31. The van der Waals surface area contributed by atoms with Gasteiger partial charge in [0.25, 0.3) is 5.91 Å². The molecule has 2 aliphatic rings. The van der Waals surface area contributed by atoms with Crippen LogP contribution >= 0.6 is 0 Å². The number of piperidine rings is 1. The van der Waals surface area contributed by atoms with E-state index < -0.39 is 5.63 Å². The molecule has 1 unspecified atom stereocenters. The number of rotatable bonds is 3. The Bertz CT molecular complexity index is 1140. The highest BCUT2D eigenvalue weighted by molar-refractivity contribution is 5.95. The number of carbonyl (C=O) groups excluding carboxylic acids is 1. The van der Waals surface area contributed by atoms with Crippen LogP contribution in [0.1, 0.15) is 65.2 Å². The lowest BCUT2D eigenvalue weighted by Gasteiger charge is -2.31. The first-order valence-corrected chi connectivity index (χ1v) is 10.5. The molecule has 5 rings (SSSR count). The summed E-state index contributed by atoms with van der Waals surface area (Å²) in [4.78, 5) is 27.4. The van der Waals surface area contributed by atoms with Crippen LogP contribution in [-0.4, -0.2) is 45.1 Å². The van der Waals surface area contributed by atoms with Crippen molar-refractivity contribution >= 4 is 11.6 Å². The molecule has 0 radical (unpaired) electrons. The zero-order valence-corrected chi connectivity index (χ0v) is 16.9. The minimum absolute atomic E-state index is 0.128. The fourth-order valence-electron chi connectivity index (χ4n) is 4.49. The first-order chi connectivity index (χ1) is 14.6. The molecule has 1 atom stereocenters. The molecule has 8 heteroatoms. The van der Waals surface area contributed by atoms with Gasteiger partial charge in [-0.1, -0.05) is 6.07 Å². The number of ether oxygens (including phenoxy) is 1. The molecule has 156 valence electrons. The number of nitrogens with zero attached hydrogens (tertiary/aromatic N) is 4. The highest BCUT2D eigenvalue weighted by atomic mass is 16.5. The third-order valence-corrected chi connectivity index (χ3v) is 6.12. The smallest absolute Gasteiger partial charge is 0.349 e. The first-order valence-electron chi connectivity index (χ1n) is 10.5. The van der Waals surface area contributed by atoms with E-state index in [1.807, 2.05) is 28.8 Å². The summed E-state index contributed by atoms with van der Waals surface area (Å²) in [5.41, 5.74) is 1.03. The average Bonchev–Trinajstić information content (AvgIpc) is 3.43. The molecule has 0 aliphatic carbocycles. The molecule has 5 heterocycles. The summed E-state index contributed by atoms with van der Waals surface area (Å²) in [5.74, 6) is 1.41. The van der Waals surface area contributed by atoms with Crippen LogP contribution in [0.4, 0.5) is 0 Å². The van der Waals surface area contributed by atoms with Crippen LogP contribution in [0.5, 0.6) is 0 Å². The van der Waals surface area contributed by atoms with Gasteiger partial charge in [-0.2, -0.15) is 0 Å². The molecule has 3 aromatic heterocycles. The SMILES string of the molecule is Cc1cc(C2CCCO2)oc(=O)c1C(=O)N1CCC(c2nnc3ccccn23)CC1. The molecule has 30 heavy (non-hydrogen) atoms. The zero-order valence-electron chi connectivity index (χ0n) is 16.9. The molecule has 2 saturated heterocycles.